The normalized spacial score (nSPS) is 14.6. The van der Waals surface area contributed by atoms with E-state index in [1.165, 1.54) is 4.90 Å². The van der Waals surface area contributed by atoms with Crippen molar-refractivity contribution in [2.75, 3.05) is 6.54 Å². The second-order valence-corrected chi connectivity index (χ2v) is 5.45. The molecule has 0 fully saturated rings. The molecule has 0 saturated carbocycles. The number of fused-ring (bicyclic) bond motifs is 1. The third kappa shape index (κ3) is 2.85. The van der Waals surface area contributed by atoms with Gasteiger partial charge in [0.2, 0.25) is 5.91 Å². The largest absolute Gasteiger partial charge is 0.348 e. The molecule has 5 nitrogen and oxygen atoms in total. The number of aromatic nitrogens is 1. The van der Waals surface area contributed by atoms with Gasteiger partial charge in [0.25, 0.3) is 5.91 Å². The van der Waals surface area contributed by atoms with Crippen molar-refractivity contribution in [2.45, 2.75) is 13.0 Å². The van der Waals surface area contributed by atoms with E-state index in [-0.39, 0.29) is 24.4 Å². The van der Waals surface area contributed by atoms with Gasteiger partial charge in [-0.2, -0.15) is 0 Å². The number of hydrogen-bond acceptors (Lipinski definition) is 3. The van der Waals surface area contributed by atoms with E-state index >= 15 is 0 Å². The average Bonchev–Trinajstić information content (AvgIpc) is 2.81. The van der Waals surface area contributed by atoms with Crippen molar-refractivity contribution < 1.29 is 9.59 Å². The first-order valence-corrected chi connectivity index (χ1v) is 7.37. The average molecular weight is 307 g/mol. The van der Waals surface area contributed by atoms with Gasteiger partial charge < -0.3 is 5.32 Å². The SMILES string of the molecule is C=C1c2ccccc2C(=O)N1CC(=O)N[C@H](C)c1ccncc1. The molecule has 0 saturated heterocycles. The number of hydrogen-bond donors (Lipinski definition) is 1. The van der Waals surface area contributed by atoms with Gasteiger partial charge in [-0.1, -0.05) is 24.8 Å². The molecule has 1 aliphatic heterocycles. The molecular formula is C18H17N3O2. The fourth-order valence-corrected chi connectivity index (χ4v) is 2.67. The van der Waals surface area contributed by atoms with Gasteiger partial charge in [0.15, 0.2) is 0 Å². The highest BCUT2D eigenvalue weighted by Crippen LogP contribution is 2.30. The van der Waals surface area contributed by atoms with Crippen molar-refractivity contribution >= 4 is 17.5 Å². The zero-order chi connectivity index (χ0) is 16.4. The van der Waals surface area contributed by atoms with Gasteiger partial charge >= 0.3 is 0 Å². The predicted molar refractivity (Wildman–Crippen MR) is 87.3 cm³/mol. The van der Waals surface area contributed by atoms with Gasteiger partial charge in [-0.05, 0) is 30.7 Å². The zero-order valence-corrected chi connectivity index (χ0v) is 12.8. The number of benzene rings is 1. The van der Waals surface area contributed by atoms with E-state index in [1.54, 1.807) is 24.5 Å². The van der Waals surface area contributed by atoms with Gasteiger partial charge in [0.05, 0.1) is 6.04 Å². The van der Waals surface area contributed by atoms with Crippen LogP contribution in [-0.2, 0) is 4.79 Å². The molecule has 0 aliphatic carbocycles. The van der Waals surface area contributed by atoms with Crippen molar-refractivity contribution in [3.8, 4) is 0 Å². The van der Waals surface area contributed by atoms with E-state index in [0.29, 0.717) is 11.3 Å². The Labute approximate surface area is 134 Å². The Balaban J connectivity index is 1.68. The third-order valence-corrected chi connectivity index (χ3v) is 3.92. The van der Waals surface area contributed by atoms with Crippen LogP contribution in [0.3, 0.4) is 0 Å². The van der Waals surface area contributed by atoms with Crippen LogP contribution in [0.25, 0.3) is 5.70 Å². The van der Waals surface area contributed by atoms with Crippen LogP contribution < -0.4 is 5.32 Å². The molecule has 0 unspecified atom stereocenters. The quantitative estimate of drug-likeness (QED) is 0.943. The van der Waals surface area contributed by atoms with E-state index in [1.807, 2.05) is 31.2 Å². The summed E-state index contributed by atoms with van der Waals surface area (Å²) >= 11 is 0. The van der Waals surface area contributed by atoms with E-state index in [2.05, 4.69) is 16.9 Å². The number of nitrogens with zero attached hydrogens (tertiary/aromatic N) is 2. The number of carbonyl (C=O) groups is 2. The van der Waals surface area contributed by atoms with Crippen LogP contribution in [0, 0.1) is 0 Å². The highest BCUT2D eigenvalue weighted by molar-refractivity contribution is 6.10. The van der Waals surface area contributed by atoms with Crippen LogP contribution in [-0.4, -0.2) is 28.2 Å². The number of nitrogens with one attached hydrogen (secondary N) is 1. The summed E-state index contributed by atoms with van der Waals surface area (Å²) in [5, 5.41) is 2.89. The van der Waals surface area contributed by atoms with Crippen LogP contribution in [0.1, 0.15) is 34.5 Å². The lowest BCUT2D eigenvalue weighted by atomic mass is 10.1. The van der Waals surface area contributed by atoms with Gasteiger partial charge in [-0.15, -0.1) is 0 Å². The highest BCUT2D eigenvalue weighted by Gasteiger charge is 2.32. The molecule has 0 spiro atoms. The van der Waals surface area contributed by atoms with Crippen LogP contribution in [0.2, 0.25) is 0 Å². The summed E-state index contributed by atoms with van der Waals surface area (Å²) in [6.07, 6.45) is 3.36. The summed E-state index contributed by atoms with van der Waals surface area (Å²) in [5.74, 6) is -0.408. The fourth-order valence-electron chi connectivity index (χ4n) is 2.67. The van der Waals surface area contributed by atoms with E-state index in [4.69, 9.17) is 0 Å². The van der Waals surface area contributed by atoms with Crippen molar-refractivity contribution in [3.63, 3.8) is 0 Å². The maximum Gasteiger partial charge on any atom is 0.259 e. The maximum absolute atomic E-state index is 12.4. The van der Waals surface area contributed by atoms with E-state index < -0.39 is 0 Å². The molecule has 2 amide bonds. The van der Waals surface area contributed by atoms with Crippen LogP contribution >= 0.6 is 0 Å². The molecular weight excluding hydrogens is 290 g/mol. The third-order valence-electron chi connectivity index (χ3n) is 3.92. The lowest BCUT2D eigenvalue weighted by molar-refractivity contribution is -0.121. The molecule has 0 radical (unpaired) electrons. The Morgan fingerprint density at radius 3 is 2.52 bits per heavy atom. The van der Waals surface area contributed by atoms with Crippen LogP contribution in [0.4, 0.5) is 0 Å². The summed E-state index contributed by atoms with van der Waals surface area (Å²) in [6, 6.07) is 10.8. The van der Waals surface area contributed by atoms with Crippen molar-refractivity contribution in [3.05, 3.63) is 72.1 Å². The van der Waals surface area contributed by atoms with E-state index in [0.717, 1.165) is 11.1 Å². The Morgan fingerprint density at radius 1 is 1.22 bits per heavy atom. The standard InChI is InChI=1S/C18H17N3O2/c1-12(14-7-9-19-10-8-14)20-17(22)11-21-13(2)15-5-3-4-6-16(15)18(21)23/h3-10,12H,2,11H2,1H3,(H,20,22)/t12-/m1/s1. The molecule has 0 bridgehead atoms. The smallest absolute Gasteiger partial charge is 0.259 e. The molecule has 5 heteroatoms. The number of rotatable bonds is 4. The molecule has 1 aromatic heterocycles. The maximum atomic E-state index is 12.4. The summed E-state index contributed by atoms with van der Waals surface area (Å²) in [7, 11) is 0. The fraction of sp³-hybridized carbons (Fsp3) is 0.167. The van der Waals surface area contributed by atoms with Crippen LogP contribution in [0.15, 0.2) is 55.4 Å². The van der Waals surface area contributed by atoms with Gasteiger partial charge in [-0.25, -0.2) is 0 Å². The minimum atomic E-state index is -0.225. The summed E-state index contributed by atoms with van der Waals surface area (Å²) in [4.78, 5) is 30.0. The minimum absolute atomic E-state index is 0.0399. The monoisotopic (exact) mass is 307 g/mol. The van der Waals surface area contributed by atoms with Gasteiger partial charge in [0, 0.05) is 29.2 Å². The first-order valence-electron chi connectivity index (χ1n) is 7.37. The lowest BCUT2D eigenvalue weighted by Gasteiger charge is -2.19. The van der Waals surface area contributed by atoms with Crippen molar-refractivity contribution in [1.29, 1.82) is 0 Å². The first-order chi connectivity index (χ1) is 11.1. The molecule has 23 heavy (non-hydrogen) atoms. The summed E-state index contributed by atoms with van der Waals surface area (Å²) in [5.41, 5.74) is 2.90. The molecule has 3 rings (SSSR count). The number of carbonyl (C=O) groups excluding carboxylic acids is 2. The molecule has 2 heterocycles. The van der Waals surface area contributed by atoms with Gasteiger partial charge in [0.1, 0.15) is 6.54 Å². The molecule has 1 aromatic carbocycles. The predicted octanol–water partition coefficient (Wildman–Crippen LogP) is 2.39. The van der Waals surface area contributed by atoms with Gasteiger partial charge in [-0.3, -0.25) is 19.5 Å². The molecule has 1 atom stereocenters. The van der Waals surface area contributed by atoms with E-state index in [9.17, 15) is 9.59 Å². The minimum Gasteiger partial charge on any atom is -0.348 e. The second-order valence-electron chi connectivity index (χ2n) is 5.45. The molecule has 1 N–H and O–H groups in total. The molecule has 116 valence electrons. The van der Waals surface area contributed by atoms with Crippen LogP contribution in [0.5, 0.6) is 0 Å². The number of pyridine rings is 1. The highest BCUT2D eigenvalue weighted by atomic mass is 16.2. The molecule has 2 aromatic rings. The number of amides is 2. The Kier molecular flexibility index (Phi) is 3.93. The summed E-state index contributed by atoms with van der Waals surface area (Å²) < 4.78 is 0. The second kappa shape index (κ2) is 6.04. The Morgan fingerprint density at radius 2 is 1.87 bits per heavy atom. The Hall–Kier alpha value is -2.95. The summed E-state index contributed by atoms with van der Waals surface area (Å²) in [6.45, 7) is 5.79. The van der Waals surface area contributed by atoms with Crippen molar-refractivity contribution in [2.24, 2.45) is 0 Å². The lowest BCUT2D eigenvalue weighted by Crippen LogP contribution is -2.37. The molecule has 1 aliphatic rings. The first kappa shape index (κ1) is 15.0. The topological polar surface area (TPSA) is 62.3 Å². The Bertz CT molecular complexity index is 736. The zero-order valence-electron chi connectivity index (χ0n) is 12.8. The van der Waals surface area contributed by atoms with Crippen molar-refractivity contribution in [1.82, 2.24) is 15.2 Å².